The zero-order chi connectivity index (χ0) is 19.9. The van der Waals surface area contributed by atoms with Crippen molar-refractivity contribution in [2.45, 2.75) is 63.3 Å². The topological polar surface area (TPSA) is 60.0 Å². The molecule has 1 aliphatic heterocycles. The zero-order valence-corrected chi connectivity index (χ0v) is 18.5. The van der Waals surface area contributed by atoms with Crippen molar-refractivity contribution >= 4 is 24.8 Å². The van der Waals surface area contributed by atoms with Gasteiger partial charge in [0.05, 0.1) is 6.54 Å². The molecule has 1 saturated carbocycles. The molecule has 2 heterocycles. The quantitative estimate of drug-likeness (QED) is 0.740. The lowest BCUT2D eigenvalue weighted by Gasteiger charge is -2.44. The number of nitrogens with zero attached hydrogens (tertiary/aromatic N) is 4. The zero-order valence-electron chi connectivity index (χ0n) is 16.9. The summed E-state index contributed by atoms with van der Waals surface area (Å²) in [5, 5.41) is 7.18. The van der Waals surface area contributed by atoms with E-state index in [1.165, 1.54) is 15.7 Å². The van der Waals surface area contributed by atoms with Crippen LogP contribution in [-0.2, 0) is 24.7 Å². The maximum Gasteiger partial charge on any atom is 0.451 e. The van der Waals surface area contributed by atoms with Gasteiger partial charge in [0.1, 0.15) is 5.82 Å². The molecule has 0 atom stereocenters. The Morgan fingerprint density at radius 2 is 1.83 bits per heavy atom. The van der Waals surface area contributed by atoms with E-state index in [9.17, 15) is 13.2 Å². The molecule has 0 radical (unpaired) electrons. The molecule has 4 rings (SSSR count). The molecule has 1 aliphatic carbocycles. The van der Waals surface area contributed by atoms with E-state index in [0.29, 0.717) is 31.5 Å². The van der Waals surface area contributed by atoms with Crippen LogP contribution in [0.2, 0.25) is 0 Å². The standard InChI is InChI=1S/C20H26F3N5.2ClH/c1-14-3-2-4-15(11-14)19(13-24)7-5-16(6-8-19)27-9-10-28-17(12-27)25-26-18(28)20(21,22)23;;/h2-4,11,16H,5-10,12-13,24H2,1H3;2*1H/t16-,19-;;. The van der Waals surface area contributed by atoms with Crippen LogP contribution in [0.15, 0.2) is 24.3 Å². The van der Waals surface area contributed by atoms with Gasteiger partial charge in [-0.15, -0.1) is 35.0 Å². The lowest BCUT2D eigenvalue weighted by atomic mass is 9.67. The SMILES string of the molecule is Cc1cccc([C@]2(CN)CC[C@@H](N3CCn4c(nnc4C(F)(F)F)C3)CC2)c1.Cl.Cl. The van der Waals surface area contributed by atoms with Gasteiger partial charge in [0.25, 0.3) is 0 Å². The highest BCUT2D eigenvalue weighted by atomic mass is 35.5. The van der Waals surface area contributed by atoms with E-state index in [4.69, 9.17) is 5.73 Å². The molecule has 0 amide bonds. The van der Waals surface area contributed by atoms with Crippen molar-refractivity contribution in [1.82, 2.24) is 19.7 Å². The summed E-state index contributed by atoms with van der Waals surface area (Å²) in [5.41, 5.74) is 8.76. The molecule has 2 N–H and O–H groups in total. The van der Waals surface area contributed by atoms with Crippen LogP contribution < -0.4 is 5.73 Å². The molecular weight excluding hydrogens is 438 g/mol. The van der Waals surface area contributed by atoms with E-state index in [-0.39, 0.29) is 36.8 Å². The highest BCUT2D eigenvalue weighted by Gasteiger charge is 2.41. The Kier molecular flexibility index (Phi) is 7.83. The predicted octanol–water partition coefficient (Wildman–Crippen LogP) is 4.10. The third-order valence-electron chi connectivity index (χ3n) is 6.49. The first-order chi connectivity index (χ1) is 13.3. The normalized spacial score (nSPS) is 24.5. The molecule has 5 nitrogen and oxygen atoms in total. The summed E-state index contributed by atoms with van der Waals surface area (Å²) < 4.78 is 40.3. The first-order valence-corrected chi connectivity index (χ1v) is 9.83. The predicted molar refractivity (Wildman–Crippen MR) is 114 cm³/mol. The first kappa shape index (κ1) is 24.9. The Balaban J connectivity index is 0.00000160. The lowest BCUT2D eigenvalue weighted by Crippen LogP contribution is -2.47. The Morgan fingerprint density at radius 3 is 2.43 bits per heavy atom. The number of halogens is 5. The average molecular weight is 466 g/mol. The van der Waals surface area contributed by atoms with Crippen molar-refractivity contribution < 1.29 is 13.2 Å². The molecule has 1 aromatic carbocycles. The van der Waals surface area contributed by atoms with Gasteiger partial charge in [-0.1, -0.05) is 29.8 Å². The monoisotopic (exact) mass is 465 g/mol. The number of nitrogens with two attached hydrogens (primary N) is 1. The number of fused-ring (bicyclic) bond motifs is 1. The van der Waals surface area contributed by atoms with Gasteiger partial charge in [-0.25, -0.2) is 0 Å². The van der Waals surface area contributed by atoms with Crippen molar-refractivity contribution in [3.63, 3.8) is 0 Å². The maximum atomic E-state index is 13.0. The van der Waals surface area contributed by atoms with Crippen molar-refractivity contribution in [1.29, 1.82) is 0 Å². The lowest BCUT2D eigenvalue weighted by molar-refractivity contribution is -0.148. The minimum absolute atomic E-state index is 0. The summed E-state index contributed by atoms with van der Waals surface area (Å²) in [6, 6.07) is 8.93. The fraction of sp³-hybridized carbons (Fsp3) is 0.600. The molecule has 0 unspecified atom stereocenters. The van der Waals surface area contributed by atoms with Crippen LogP contribution in [0.4, 0.5) is 13.2 Å². The molecule has 0 bridgehead atoms. The second-order valence-electron chi connectivity index (χ2n) is 8.14. The molecule has 2 aliphatic rings. The van der Waals surface area contributed by atoms with Gasteiger partial charge in [0, 0.05) is 31.1 Å². The van der Waals surface area contributed by atoms with Gasteiger partial charge >= 0.3 is 6.18 Å². The van der Waals surface area contributed by atoms with E-state index in [2.05, 4.69) is 46.3 Å². The Morgan fingerprint density at radius 1 is 1.13 bits per heavy atom. The summed E-state index contributed by atoms with van der Waals surface area (Å²) in [7, 11) is 0. The molecular formula is C20H28Cl2F3N5. The number of hydrogen-bond donors (Lipinski definition) is 1. The second kappa shape index (κ2) is 9.42. The van der Waals surface area contributed by atoms with Crippen LogP contribution in [0, 0.1) is 6.92 Å². The first-order valence-electron chi connectivity index (χ1n) is 9.83. The van der Waals surface area contributed by atoms with E-state index in [0.717, 1.165) is 25.7 Å². The summed E-state index contributed by atoms with van der Waals surface area (Å²) in [6.45, 7) is 4.02. The third kappa shape index (κ3) is 4.61. The van der Waals surface area contributed by atoms with Crippen LogP contribution in [0.5, 0.6) is 0 Å². The smallest absolute Gasteiger partial charge is 0.330 e. The fourth-order valence-corrected chi connectivity index (χ4v) is 4.80. The molecule has 10 heteroatoms. The summed E-state index contributed by atoms with van der Waals surface area (Å²) in [4.78, 5) is 2.26. The van der Waals surface area contributed by atoms with Gasteiger partial charge in [0.2, 0.25) is 5.82 Å². The number of rotatable bonds is 3. The molecule has 2 aromatic rings. The van der Waals surface area contributed by atoms with Crippen molar-refractivity contribution in [2.75, 3.05) is 13.1 Å². The number of hydrogen-bond acceptors (Lipinski definition) is 4. The fourth-order valence-electron chi connectivity index (χ4n) is 4.80. The van der Waals surface area contributed by atoms with Gasteiger partial charge < -0.3 is 10.3 Å². The number of alkyl halides is 3. The Labute approximate surface area is 187 Å². The molecule has 0 spiro atoms. The molecule has 168 valence electrons. The minimum atomic E-state index is -4.45. The summed E-state index contributed by atoms with van der Waals surface area (Å²) >= 11 is 0. The third-order valence-corrected chi connectivity index (χ3v) is 6.49. The molecule has 30 heavy (non-hydrogen) atoms. The largest absolute Gasteiger partial charge is 0.451 e. The van der Waals surface area contributed by atoms with Gasteiger partial charge in [-0.3, -0.25) is 4.90 Å². The second-order valence-corrected chi connectivity index (χ2v) is 8.14. The van der Waals surface area contributed by atoms with E-state index >= 15 is 0 Å². The van der Waals surface area contributed by atoms with Gasteiger partial charge in [-0.05, 0) is 38.2 Å². The number of aromatic nitrogens is 3. The molecule has 0 saturated heterocycles. The van der Waals surface area contributed by atoms with Gasteiger partial charge in [-0.2, -0.15) is 13.2 Å². The molecule has 1 fully saturated rings. The van der Waals surface area contributed by atoms with E-state index in [1.807, 2.05) is 0 Å². The maximum absolute atomic E-state index is 13.0. The summed E-state index contributed by atoms with van der Waals surface area (Å²) in [5.74, 6) is -0.472. The Bertz CT molecular complexity index is 847. The average Bonchev–Trinajstić information content (AvgIpc) is 3.12. The number of aryl methyl sites for hydroxylation is 1. The van der Waals surface area contributed by atoms with E-state index < -0.39 is 12.0 Å². The highest BCUT2D eigenvalue weighted by molar-refractivity contribution is 5.85. The molecule has 1 aromatic heterocycles. The van der Waals surface area contributed by atoms with Crippen LogP contribution in [-0.4, -0.2) is 38.8 Å². The van der Waals surface area contributed by atoms with Crippen molar-refractivity contribution in [2.24, 2.45) is 5.73 Å². The van der Waals surface area contributed by atoms with E-state index in [1.54, 1.807) is 0 Å². The Hall–Kier alpha value is -1.35. The number of benzene rings is 1. The van der Waals surface area contributed by atoms with Crippen LogP contribution >= 0.6 is 24.8 Å². The van der Waals surface area contributed by atoms with Crippen LogP contribution in [0.1, 0.15) is 48.5 Å². The van der Waals surface area contributed by atoms with Gasteiger partial charge in [0.15, 0.2) is 0 Å². The minimum Gasteiger partial charge on any atom is -0.330 e. The highest BCUT2D eigenvalue weighted by Crippen LogP contribution is 2.41. The van der Waals surface area contributed by atoms with Crippen molar-refractivity contribution in [3.8, 4) is 0 Å². The van der Waals surface area contributed by atoms with Crippen LogP contribution in [0.25, 0.3) is 0 Å². The summed E-state index contributed by atoms with van der Waals surface area (Å²) in [6.07, 6.45) is -0.479. The van der Waals surface area contributed by atoms with Crippen molar-refractivity contribution in [3.05, 3.63) is 47.0 Å². The van der Waals surface area contributed by atoms with Crippen LogP contribution in [0.3, 0.4) is 0 Å².